The minimum absolute atomic E-state index is 0.157. The van der Waals surface area contributed by atoms with Crippen LogP contribution in [0.4, 0.5) is 0 Å². The van der Waals surface area contributed by atoms with Crippen LogP contribution < -0.4 is 11.5 Å². The van der Waals surface area contributed by atoms with Crippen molar-refractivity contribution in [2.45, 2.75) is 13.3 Å². The number of hydrogen-bond acceptors (Lipinski definition) is 4. The first kappa shape index (κ1) is 12.1. The summed E-state index contributed by atoms with van der Waals surface area (Å²) in [6.45, 7) is 2.95. The summed E-state index contributed by atoms with van der Waals surface area (Å²) in [4.78, 5) is 9.96. The second kappa shape index (κ2) is 11.2. The lowest BCUT2D eigenvalue weighted by Crippen LogP contribution is -2.11. The molecule has 0 unspecified atom stereocenters. The van der Waals surface area contributed by atoms with Crippen LogP contribution in [0.1, 0.15) is 13.3 Å². The Bertz CT molecular complexity index is 68.1. The summed E-state index contributed by atoms with van der Waals surface area (Å²) in [6.07, 6.45) is 0.469. The van der Waals surface area contributed by atoms with Crippen molar-refractivity contribution in [2.24, 2.45) is 11.5 Å². The van der Waals surface area contributed by atoms with Gasteiger partial charge in [-0.25, -0.2) is 0 Å². The summed E-state index contributed by atoms with van der Waals surface area (Å²) in [7, 11) is 1.38. The molecule has 4 heteroatoms. The van der Waals surface area contributed by atoms with Crippen LogP contribution in [-0.2, 0) is 9.53 Å². The van der Waals surface area contributed by atoms with Crippen molar-refractivity contribution in [3.05, 3.63) is 0 Å². The van der Waals surface area contributed by atoms with Gasteiger partial charge in [0.1, 0.15) is 0 Å². The molecule has 0 fully saturated rings. The molecule has 0 aromatic carbocycles. The largest absolute Gasteiger partial charge is 0.469 e. The van der Waals surface area contributed by atoms with Gasteiger partial charge in [0, 0.05) is 19.5 Å². The fourth-order valence-corrected chi connectivity index (χ4v) is 0.144. The Kier molecular flexibility index (Phi) is 13.6. The van der Waals surface area contributed by atoms with Gasteiger partial charge in [-0.3, -0.25) is 4.79 Å². The molecule has 0 aliphatic rings. The minimum Gasteiger partial charge on any atom is -0.469 e. The summed E-state index contributed by atoms with van der Waals surface area (Å²) in [5.41, 5.74) is 9.81. The first-order valence-corrected chi connectivity index (χ1v) is 3.19. The second-order valence-electron chi connectivity index (χ2n) is 1.51. The maximum Gasteiger partial charge on any atom is 0.305 e. The van der Waals surface area contributed by atoms with Crippen molar-refractivity contribution in [1.82, 2.24) is 0 Å². The van der Waals surface area contributed by atoms with E-state index in [1.54, 1.807) is 6.92 Å². The quantitative estimate of drug-likeness (QED) is 0.516. The average molecular weight is 148 g/mol. The predicted molar refractivity (Wildman–Crippen MR) is 40.4 cm³/mol. The molecular formula is C6H16N2O2. The molecule has 0 amide bonds. The van der Waals surface area contributed by atoms with Gasteiger partial charge >= 0.3 is 5.97 Å². The second-order valence-corrected chi connectivity index (χ2v) is 1.51. The Hall–Kier alpha value is -0.610. The van der Waals surface area contributed by atoms with E-state index in [9.17, 15) is 4.79 Å². The average Bonchev–Trinajstić information content (AvgIpc) is 2.03. The molecule has 0 aliphatic carbocycles. The molecule has 0 heterocycles. The first-order chi connectivity index (χ1) is 4.72. The van der Waals surface area contributed by atoms with E-state index in [1.165, 1.54) is 7.11 Å². The normalized spacial score (nSPS) is 7.60. The summed E-state index contributed by atoms with van der Waals surface area (Å²) >= 11 is 0. The van der Waals surface area contributed by atoms with E-state index in [1.807, 2.05) is 0 Å². The molecule has 4 nitrogen and oxygen atoms in total. The molecule has 0 aromatic heterocycles. The molecule has 0 atom stereocenters. The van der Waals surface area contributed by atoms with Crippen molar-refractivity contribution in [3.63, 3.8) is 0 Å². The maximum atomic E-state index is 9.96. The van der Waals surface area contributed by atoms with Gasteiger partial charge in [-0.2, -0.15) is 0 Å². The Labute approximate surface area is 61.5 Å². The number of rotatable bonds is 2. The van der Waals surface area contributed by atoms with E-state index in [-0.39, 0.29) is 5.97 Å². The molecule has 0 radical (unpaired) electrons. The molecule has 0 rings (SSSR count). The highest BCUT2D eigenvalue weighted by Gasteiger charge is 1.87. The molecule has 0 bridgehead atoms. The number of methoxy groups -OCH3 is 1. The fraction of sp³-hybridized carbons (Fsp3) is 0.833. The predicted octanol–water partition coefficient (Wildman–Crippen LogP) is -0.527. The molecule has 0 aromatic rings. The SMILES string of the molecule is CCC(=O)OC.NCCN. The molecule has 0 saturated heterocycles. The van der Waals surface area contributed by atoms with E-state index in [0.717, 1.165) is 0 Å². The van der Waals surface area contributed by atoms with Crippen LogP contribution in [0.5, 0.6) is 0 Å². The number of nitrogens with two attached hydrogens (primary N) is 2. The van der Waals surface area contributed by atoms with E-state index < -0.39 is 0 Å². The van der Waals surface area contributed by atoms with E-state index in [0.29, 0.717) is 19.5 Å². The van der Waals surface area contributed by atoms with Gasteiger partial charge in [0.05, 0.1) is 7.11 Å². The van der Waals surface area contributed by atoms with Gasteiger partial charge in [0.25, 0.3) is 0 Å². The van der Waals surface area contributed by atoms with Crippen LogP contribution in [0.25, 0.3) is 0 Å². The van der Waals surface area contributed by atoms with Crippen LogP contribution in [0.3, 0.4) is 0 Å². The zero-order valence-corrected chi connectivity index (χ0v) is 6.59. The third-order valence-corrected chi connectivity index (χ3v) is 0.683. The van der Waals surface area contributed by atoms with Crippen LogP contribution in [0.15, 0.2) is 0 Å². The van der Waals surface area contributed by atoms with Crippen molar-refractivity contribution in [1.29, 1.82) is 0 Å². The summed E-state index contributed by atoms with van der Waals surface area (Å²) in [6, 6.07) is 0. The maximum absolute atomic E-state index is 9.96. The van der Waals surface area contributed by atoms with E-state index in [4.69, 9.17) is 11.5 Å². The molecule has 62 valence electrons. The van der Waals surface area contributed by atoms with Crippen LogP contribution in [-0.4, -0.2) is 26.2 Å². The molecule has 0 spiro atoms. The van der Waals surface area contributed by atoms with Gasteiger partial charge in [-0.05, 0) is 0 Å². The topological polar surface area (TPSA) is 78.3 Å². The lowest BCUT2D eigenvalue weighted by molar-refractivity contribution is -0.140. The smallest absolute Gasteiger partial charge is 0.305 e. The Morgan fingerprint density at radius 1 is 1.40 bits per heavy atom. The third-order valence-electron chi connectivity index (χ3n) is 0.683. The number of esters is 1. The van der Waals surface area contributed by atoms with Crippen molar-refractivity contribution < 1.29 is 9.53 Å². The van der Waals surface area contributed by atoms with Gasteiger partial charge in [0.2, 0.25) is 0 Å². The van der Waals surface area contributed by atoms with Crippen molar-refractivity contribution >= 4 is 5.97 Å². The monoisotopic (exact) mass is 148 g/mol. The minimum atomic E-state index is -0.157. The van der Waals surface area contributed by atoms with E-state index >= 15 is 0 Å². The highest BCUT2D eigenvalue weighted by molar-refractivity contribution is 5.68. The summed E-state index contributed by atoms with van der Waals surface area (Å²) in [5, 5.41) is 0. The Morgan fingerprint density at radius 3 is 1.80 bits per heavy atom. The van der Waals surface area contributed by atoms with Gasteiger partial charge in [0.15, 0.2) is 0 Å². The van der Waals surface area contributed by atoms with Gasteiger partial charge in [-0.15, -0.1) is 0 Å². The molecular weight excluding hydrogens is 132 g/mol. The summed E-state index contributed by atoms with van der Waals surface area (Å²) in [5.74, 6) is -0.157. The first-order valence-electron chi connectivity index (χ1n) is 3.19. The lowest BCUT2D eigenvalue weighted by atomic mass is 10.5. The molecule has 10 heavy (non-hydrogen) atoms. The van der Waals surface area contributed by atoms with Crippen molar-refractivity contribution in [3.8, 4) is 0 Å². The third kappa shape index (κ3) is 15.7. The zero-order chi connectivity index (χ0) is 8.41. The summed E-state index contributed by atoms with van der Waals surface area (Å²) < 4.78 is 4.26. The lowest BCUT2D eigenvalue weighted by Gasteiger charge is -1.87. The number of ether oxygens (including phenoxy) is 1. The van der Waals surface area contributed by atoms with Gasteiger partial charge in [-0.1, -0.05) is 6.92 Å². The van der Waals surface area contributed by atoms with Gasteiger partial charge < -0.3 is 16.2 Å². The van der Waals surface area contributed by atoms with Crippen molar-refractivity contribution in [2.75, 3.05) is 20.2 Å². The molecule has 0 aliphatic heterocycles. The molecule has 4 N–H and O–H groups in total. The Balaban J connectivity index is 0. The number of carbonyl (C=O) groups excluding carboxylic acids is 1. The zero-order valence-electron chi connectivity index (χ0n) is 6.59. The number of carbonyl (C=O) groups is 1. The molecule has 0 saturated carbocycles. The highest BCUT2D eigenvalue weighted by atomic mass is 16.5. The fourth-order valence-electron chi connectivity index (χ4n) is 0.144. The van der Waals surface area contributed by atoms with Crippen LogP contribution in [0, 0.1) is 0 Å². The van der Waals surface area contributed by atoms with E-state index in [2.05, 4.69) is 4.74 Å². The Morgan fingerprint density at radius 2 is 1.80 bits per heavy atom. The highest BCUT2D eigenvalue weighted by Crippen LogP contribution is 1.76. The number of hydrogen-bond donors (Lipinski definition) is 2. The standard InChI is InChI=1S/C4H8O2.C2H8N2/c1-3-4(5)6-2;3-1-2-4/h3H2,1-2H3;1-4H2. The van der Waals surface area contributed by atoms with Crippen LogP contribution in [0.2, 0.25) is 0 Å². The van der Waals surface area contributed by atoms with Crippen LogP contribution >= 0.6 is 0 Å².